The fourth-order valence-corrected chi connectivity index (χ4v) is 10.7. The molecule has 0 saturated heterocycles. The van der Waals surface area contributed by atoms with Crippen LogP contribution in [0.1, 0.15) is 82.6 Å². The van der Waals surface area contributed by atoms with E-state index in [9.17, 15) is 0 Å². The van der Waals surface area contributed by atoms with Gasteiger partial charge in [0, 0.05) is 45.2 Å². The lowest BCUT2D eigenvalue weighted by molar-refractivity contribution is 0.195. The van der Waals surface area contributed by atoms with Gasteiger partial charge in [-0.25, -0.2) is 0 Å². The lowest BCUT2D eigenvalue weighted by Crippen LogP contribution is -2.64. The third-order valence-corrected chi connectivity index (χ3v) is 13.6. The molecule has 2 atom stereocenters. The number of rotatable bonds is 4. The van der Waals surface area contributed by atoms with Gasteiger partial charge in [0.25, 0.3) is 6.71 Å². The first-order valence-electron chi connectivity index (χ1n) is 20.0. The number of anilines is 8. The summed E-state index contributed by atoms with van der Waals surface area (Å²) in [6, 6.07) is 48.5. The maximum atomic E-state index is 2.86. The van der Waals surface area contributed by atoms with Crippen LogP contribution in [0.4, 0.5) is 45.5 Å². The molecule has 3 heterocycles. The first-order valence-corrected chi connectivity index (χ1v) is 20.0. The first kappa shape index (κ1) is 33.4. The van der Waals surface area contributed by atoms with Crippen LogP contribution < -0.4 is 31.1 Å². The Labute approximate surface area is 322 Å². The van der Waals surface area contributed by atoms with Crippen molar-refractivity contribution in [2.24, 2.45) is 0 Å². The zero-order valence-corrected chi connectivity index (χ0v) is 32.9. The minimum atomic E-state index is -0.0672. The van der Waals surface area contributed by atoms with Crippen LogP contribution in [0.15, 0.2) is 127 Å². The predicted octanol–water partition coefficient (Wildman–Crippen LogP) is 11.4. The molecular formula is C50H50BN3. The number of hydrogen-bond acceptors (Lipinski definition) is 3. The Kier molecular flexibility index (Phi) is 7.19. The summed E-state index contributed by atoms with van der Waals surface area (Å²) in [5, 5.41) is 0. The molecule has 0 amide bonds. The van der Waals surface area contributed by atoms with Gasteiger partial charge < -0.3 is 14.7 Å². The average molecular weight is 704 g/mol. The molecular weight excluding hydrogens is 653 g/mol. The van der Waals surface area contributed by atoms with Gasteiger partial charge in [0.2, 0.25) is 0 Å². The summed E-state index contributed by atoms with van der Waals surface area (Å²) in [6.45, 7) is 16.9. The standard InChI is InChI=1S/C50H50BN3/c1-33-17-15-21-37(27-33)52(38-22-16-18-34(2)28-38)39-31-44-46-45(32-39)54-47-40(49(6)25-13-14-26-50(49,54)7)29-35(48(3,4)5)30-42(47)51(46)41-23-11-12-24-43(41)53(44)36-19-9-8-10-20-36/h8-12,15-24,27-32H,13-14,25-26H2,1-7H3. The predicted molar refractivity (Wildman–Crippen MR) is 231 cm³/mol. The molecule has 1 fully saturated rings. The highest BCUT2D eigenvalue weighted by atomic mass is 15.3. The molecule has 268 valence electrons. The number of aryl methyl sites for hydroxylation is 2. The van der Waals surface area contributed by atoms with Gasteiger partial charge in [-0.2, -0.15) is 0 Å². The van der Waals surface area contributed by atoms with E-state index in [1.807, 2.05) is 0 Å². The van der Waals surface area contributed by atoms with Crippen molar-refractivity contribution in [3.05, 3.63) is 150 Å². The normalized spacial score (nSPS) is 20.6. The molecule has 1 aliphatic carbocycles. The molecule has 3 nitrogen and oxygen atoms in total. The number of nitrogens with zero attached hydrogens (tertiary/aromatic N) is 3. The second kappa shape index (κ2) is 11.6. The van der Waals surface area contributed by atoms with Crippen molar-refractivity contribution in [3.8, 4) is 0 Å². The molecule has 54 heavy (non-hydrogen) atoms. The number of para-hydroxylation sites is 2. The van der Waals surface area contributed by atoms with E-state index in [1.165, 1.54) is 104 Å². The van der Waals surface area contributed by atoms with Gasteiger partial charge in [-0.05, 0) is 132 Å². The zero-order chi connectivity index (χ0) is 37.1. The van der Waals surface area contributed by atoms with Crippen LogP contribution in [-0.4, -0.2) is 12.3 Å². The topological polar surface area (TPSA) is 9.72 Å². The van der Waals surface area contributed by atoms with Crippen molar-refractivity contribution >= 4 is 68.6 Å². The highest BCUT2D eigenvalue weighted by Gasteiger charge is 2.61. The van der Waals surface area contributed by atoms with E-state index in [4.69, 9.17) is 0 Å². The maximum absolute atomic E-state index is 2.86. The van der Waals surface area contributed by atoms with Gasteiger partial charge >= 0.3 is 0 Å². The quantitative estimate of drug-likeness (QED) is 0.169. The summed E-state index contributed by atoms with van der Waals surface area (Å²) in [4.78, 5) is 7.91. The summed E-state index contributed by atoms with van der Waals surface area (Å²) in [5.41, 5.74) is 19.9. The van der Waals surface area contributed by atoms with E-state index in [0.717, 1.165) is 0 Å². The Balaban J connectivity index is 1.36. The molecule has 0 aromatic heterocycles. The van der Waals surface area contributed by atoms with Gasteiger partial charge in [-0.3, -0.25) is 0 Å². The highest BCUT2D eigenvalue weighted by Crippen LogP contribution is 2.62. The second-order valence-electron chi connectivity index (χ2n) is 17.9. The van der Waals surface area contributed by atoms with Crippen molar-refractivity contribution in [1.82, 2.24) is 0 Å². The van der Waals surface area contributed by atoms with Crippen LogP contribution in [-0.2, 0) is 10.8 Å². The van der Waals surface area contributed by atoms with Crippen molar-refractivity contribution in [1.29, 1.82) is 0 Å². The molecule has 6 aromatic carbocycles. The number of fused-ring (bicyclic) bond motifs is 7. The summed E-state index contributed by atoms with van der Waals surface area (Å²) < 4.78 is 0. The summed E-state index contributed by atoms with van der Waals surface area (Å²) in [5.74, 6) is 0. The van der Waals surface area contributed by atoms with Crippen molar-refractivity contribution in [3.63, 3.8) is 0 Å². The molecule has 0 radical (unpaired) electrons. The molecule has 0 N–H and O–H groups in total. The van der Waals surface area contributed by atoms with Crippen molar-refractivity contribution in [2.75, 3.05) is 14.7 Å². The summed E-state index contributed by atoms with van der Waals surface area (Å²) in [7, 11) is 0. The number of hydrogen-bond donors (Lipinski definition) is 0. The van der Waals surface area contributed by atoms with E-state index in [-0.39, 0.29) is 23.1 Å². The van der Waals surface area contributed by atoms with E-state index >= 15 is 0 Å². The largest absolute Gasteiger partial charge is 0.335 e. The molecule has 6 aromatic rings. The average Bonchev–Trinajstić information content (AvgIpc) is 3.37. The van der Waals surface area contributed by atoms with Crippen LogP contribution in [0.2, 0.25) is 0 Å². The number of benzene rings is 6. The molecule has 10 rings (SSSR count). The second-order valence-corrected chi connectivity index (χ2v) is 17.9. The van der Waals surface area contributed by atoms with Gasteiger partial charge in [-0.15, -0.1) is 0 Å². The smallest absolute Gasteiger partial charge is 0.252 e. The highest BCUT2D eigenvalue weighted by molar-refractivity contribution is 7.00. The first-order chi connectivity index (χ1) is 26.0. The van der Waals surface area contributed by atoms with Gasteiger partial charge in [0.1, 0.15) is 0 Å². The minimum absolute atomic E-state index is 0.0262. The fraction of sp³-hybridized carbons (Fsp3) is 0.280. The van der Waals surface area contributed by atoms with Gasteiger partial charge in [0.05, 0.1) is 11.2 Å². The SMILES string of the molecule is Cc1cccc(N(c2cccc(C)c2)c2cc3c4c(c2)N2c5c(cc(C(C)(C)C)cc5C5(C)CCCCC25C)B4c2ccccc2N3c2ccccc2)c1. The van der Waals surface area contributed by atoms with Crippen LogP contribution in [0.5, 0.6) is 0 Å². The van der Waals surface area contributed by atoms with Crippen LogP contribution in [0.25, 0.3) is 0 Å². The Morgan fingerprint density at radius 1 is 0.611 bits per heavy atom. The Morgan fingerprint density at radius 2 is 1.26 bits per heavy atom. The zero-order valence-electron chi connectivity index (χ0n) is 32.9. The molecule has 3 aliphatic heterocycles. The minimum Gasteiger partial charge on any atom is -0.335 e. The Bertz CT molecular complexity index is 2430. The molecule has 2 unspecified atom stereocenters. The molecule has 4 aliphatic rings. The fourth-order valence-electron chi connectivity index (χ4n) is 10.7. The maximum Gasteiger partial charge on any atom is 0.252 e. The molecule has 1 saturated carbocycles. The third kappa shape index (κ3) is 4.61. The lowest BCUT2D eigenvalue weighted by Gasteiger charge is -2.53. The molecule has 0 bridgehead atoms. The Morgan fingerprint density at radius 3 is 1.94 bits per heavy atom. The van der Waals surface area contributed by atoms with Crippen LogP contribution in [0, 0.1) is 13.8 Å². The van der Waals surface area contributed by atoms with E-state index < -0.39 is 0 Å². The van der Waals surface area contributed by atoms with E-state index in [0.29, 0.717) is 0 Å². The van der Waals surface area contributed by atoms with Crippen molar-refractivity contribution < 1.29 is 0 Å². The molecule has 4 heteroatoms. The van der Waals surface area contributed by atoms with E-state index in [1.54, 1.807) is 5.56 Å². The van der Waals surface area contributed by atoms with Crippen LogP contribution in [0.3, 0.4) is 0 Å². The monoisotopic (exact) mass is 703 g/mol. The Hall–Kier alpha value is -5.22. The van der Waals surface area contributed by atoms with Gasteiger partial charge in [0.15, 0.2) is 0 Å². The van der Waals surface area contributed by atoms with Crippen LogP contribution >= 0.6 is 0 Å². The summed E-state index contributed by atoms with van der Waals surface area (Å²) >= 11 is 0. The molecule has 0 spiro atoms. The van der Waals surface area contributed by atoms with Crippen molar-refractivity contribution in [2.45, 2.75) is 90.5 Å². The lowest BCUT2D eigenvalue weighted by atomic mass is 9.33. The van der Waals surface area contributed by atoms with E-state index in [2.05, 4.69) is 191 Å². The summed E-state index contributed by atoms with van der Waals surface area (Å²) in [6.07, 6.45) is 4.90. The van der Waals surface area contributed by atoms with Gasteiger partial charge in [-0.1, -0.05) is 113 Å². The third-order valence-electron chi connectivity index (χ3n) is 13.6.